The number of carbonyl (C=O) groups is 2. The monoisotopic (exact) mass is 476 g/mol. The van der Waals surface area contributed by atoms with Gasteiger partial charge in [0.2, 0.25) is 5.91 Å². The molecule has 4 heterocycles. The van der Waals surface area contributed by atoms with Crippen LogP contribution >= 0.6 is 11.3 Å². The molecule has 2 N–H and O–H groups in total. The van der Waals surface area contributed by atoms with Crippen LogP contribution in [0.4, 0.5) is 0 Å². The first-order chi connectivity index (χ1) is 16.5. The Morgan fingerprint density at radius 1 is 1.29 bits per heavy atom. The van der Waals surface area contributed by atoms with Gasteiger partial charge in [0, 0.05) is 43.6 Å². The highest BCUT2D eigenvalue weighted by Gasteiger charge is 2.48. The summed E-state index contributed by atoms with van der Waals surface area (Å²) < 4.78 is 1.95. The molecule has 0 unspecified atom stereocenters. The number of aryl methyl sites for hydroxylation is 1. The Bertz CT molecular complexity index is 1210. The van der Waals surface area contributed by atoms with Gasteiger partial charge in [0.1, 0.15) is 17.6 Å². The number of thiophene rings is 1. The van der Waals surface area contributed by atoms with Crippen molar-refractivity contribution in [2.24, 2.45) is 7.05 Å². The first-order valence-corrected chi connectivity index (χ1v) is 12.6. The molecule has 1 aliphatic heterocycles. The SMILES string of the molecule is Cn1ccnc1[C@@H]1CN(C(=O)C2(c3cccs3)CCCCC2)C[C@H]1NC(=O)c1cc(C#N)c[nH]1. The van der Waals surface area contributed by atoms with Crippen LogP contribution in [0, 0.1) is 11.3 Å². The van der Waals surface area contributed by atoms with Crippen LogP contribution in [0.2, 0.25) is 0 Å². The molecule has 176 valence electrons. The summed E-state index contributed by atoms with van der Waals surface area (Å²) in [6.07, 6.45) is 10.1. The van der Waals surface area contributed by atoms with Crippen LogP contribution in [-0.2, 0) is 17.3 Å². The molecule has 2 atom stereocenters. The molecule has 1 aliphatic carbocycles. The second-order valence-electron chi connectivity index (χ2n) is 9.33. The predicted molar refractivity (Wildman–Crippen MR) is 128 cm³/mol. The second kappa shape index (κ2) is 9.11. The van der Waals surface area contributed by atoms with Crippen molar-refractivity contribution in [3.05, 3.63) is 64.1 Å². The Labute approximate surface area is 202 Å². The first-order valence-electron chi connectivity index (χ1n) is 11.7. The second-order valence-corrected chi connectivity index (χ2v) is 10.3. The van der Waals surface area contributed by atoms with Crippen molar-refractivity contribution in [1.82, 2.24) is 24.8 Å². The van der Waals surface area contributed by atoms with Gasteiger partial charge in [-0.1, -0.05) is 25.3 Å². The molecule has 34 heavy (non-hydrogen) atoms. The molecule has 0 radical (unpaired) electrons. The molecular formula is C25H28N6O2S. The summed E-state index contributed by atoms with van der Waals surface area (Å²) in [4.78, 5) is 37.6. The molecule has 0 spiro atoms. The van der Waals surface area contributed by atoms with Gasteiger partial charge in [0.25, 0.3) is 5.91 Å². The lowest BCUT2D eigenvalue weighted by molar-refractivity contribution is -0.137. The zero-order valence-corrected chi connectivity index (χ0v) is 20.0. The van der Waals surface area contributed by atoms with Gasteiger partial charge >= 0.3 is 0 Å². The summed E-state index contributed by atoms with van der Waals surface area (Å²) in [5.41, 5.74) is 0.269. The van der Waals surface area contributed by atoms with Crippen molar-refractivity contribution in [2.45, 2.75) is 49.5 Å². The number of likely N-dealkylation sites (tertiary alicyclic amines) is 1. The Kier molecular flexibility index (Phi) is 6.00. The lowest BCUT2D eigenvalue weighted by Gasteiger charge is -2.38. The average Bonchev–Trinajstić information content (AvgIpc) is 3.66. The largest absolute Gasteiger partial charge is 0.356 e. The van der Waals surface area contributed by atoms with Gasteiger partial charge < -0.3 is 19.8 Å². The van der Waals surface area contributed by atoms with Crippen molar-refractivity contribution in [3.63, 3.8) is 0 Å². The predicted octanol–water partition coefficient (Wildman–Crippen LogP) is 3.31. The zero-order chi connectivity index (χ0) is 23.7. The fraction of sp³-hybridized carbons (Fsp3) is 0.440. The number of hydrogen-bond donors (Lipinski definition) is 2. The van der Waals surface area contributed by atoms with Gasteiger partial charge in [0.05, 0.1) is 22.9 Å². The molecule has 2 amide bonds. The maximum atomic E-state index is 14.1. The Hall–Kier alpha value is -3.38. The van der Waals surface area contributed by atoms with E-state index in [2.05, 4.69) is 26.7 Å². The van der Waals surface area contributed by atoms with Crippen LogP contribution in [0.5, 0.6) is 0 Å². The van der Waals surface area contributed by atoms with Crippen LogP contribution in [0.25, 0.3) is 0 Å². The number of nitrogens with one attached hydrogen (secondary N) is 2. The van der Waals surface area contributed by atoms with E-state index in [9.17, 15) is 9.59 Å². The number of rotatable bonds is 5. The molecule has 3 aromatic heterocycles. The summed E-state index contributed by atoms with van der Waals surface area (Å²) >= 11 is 1.67. The highest BCUT2D eigenvalue weighted by Crippen LogP contribution is 2.44. The fourth-order valence-corrected chi connectivity index (χ4v) is 6.50. The fourth-order valence-electron chi connectivity index (χ4n) is 5.52. The first kappa shape index (κ1) is 22.4. The van der Waals surface area contributed by atoms with Crippen LogP contribution in [-0.4, -0.2) is 50.4 Å². The quantitative estimate of drug-likeness (QED) is 0.589. The third-order valence-electron chi connectivity index (χ3n) is 7.28. The van der Waals surface area contributed by atoms with Crippen LogP contribution in [0.3, 0.4) is 0 Å². The molecular weight excluding hydrogens is 448 g/mol. The van der Waals surface area contributed by atoms with Crippen molar-refractivity contribution >= 4 is 23.2 Å². The number of carbonyl (C=O) groups excluding carboxylic acids is 2. The average molecular weight is 477 g/mol. The van der Waals surface area contributed by atoms with E-state index < -0.39 is 5.41 Å². The smallest absolute Gasteiger partial charge is 0.268 e. The van der Waals surface area contributed by atoms with Gasteiger partial charge in [0.15, 0.2) is 0 Å². The van der Waals surface area contributed by atoms with Crippen LogP contribution in [0.15, 0.2) is 42.2 Å². The lowest BCUT2D eigenvalue weighted by atomic mass is 9.72. The van der Waals surface area contributed by atoms with E-state index in [4.69, 9.17) is 5.26 Å². The molecule has 1 saturated carbocycles. The van der Waals surface area contributed by atoms with Crippen molar-refractivity contribution in [1.29, 1.82) is 5.26 Å². The van der Waals surface area contributed by atoms with E-state index in [0.717, 1.165) is 42.8 Å². The van der Waals surface area contributed by atoms with Gasteiger partial charge in [-0.3, -0.25) is 9.59 Å². The third kappa shape index (κ3) is 3.92. The third-order valence-corrected chi connectivity index (χ3v) is 8.35. The normalized spacial score (nSPS) is 21.8. The van der Waals surface area contributed by atoms with Crippen molar-refractivity contribution in [2.75, 3.05) is 13.1 Å². The number of aromatic amines is 1. The molecule has 5 rings (SSSR count). The van der Waals surface area contributed by atoms with Gasteiger partial charge in [-0.05, 0) is 30.4 Å². The van der Waals surface area contributed by atoms with Crippen LogP contribution in [0.1, 0.15) is 64.8 Å². The number of imidazole rings is 1. The van der Waals surface area contributed by atoms with Crippen LogP contribution < -0.4 is 5.32 Å². The lowest BCUT2D eigenvalue weighted by Crippen LogP contribution is -2.48. The van der Waals surface area contributed by atoms with E-state index in [1.807, 2.05) is 34.8 Å². The summed E-state index contributed by atoms with van der Waals surface area (Å²) in [6, 6.07) is 7.41. The molecule has 2 aliphatic rings. The van der Waals surface area contributed by atoms with E-state index in [1.54, 1.807) is 17.5 Å². The topological polar surface area (TPSA) is 107 Å². The molecule has 8 nitrogen and oxygen atoms in total. The molecule has 3 aromatic rings. The standard InChI is InChI=1S/C25H28N6O2S/c1-30-10-9-27-22(30)18-15-31(16-20(18)29-23(32)19-12-17(13-26)14-28-19)24(33)25(7-3-2-4-8-25)21-6-5-11-34-21/h5-6,9-12,14,18,20,28H,2-4,7-8,15-16H2,1H3,(H,29,32)/t18-,20-/m1/s1. The van der Waals surface area contributed by atoms with E-state index in [0.29, 0.717) is 24.3 Å². The van der Waals surface area contributed by atoms with Crippen molar-refractivity contribution < 1.29 is 9.59 Å². The summed E-state index contributed by atoms with van der Waals surface area (Å²) in [6.45, 7) is 0.941. The number of aromatic nitrogens is 3. The molecule has 0 aromatic carbocycles. The zero-order valence-electron chi connectivity index (χ0n) is 19.2. The number of H-pyrrole nitrogens is 1. The highest BCUT2D eigenvalue weighted by atomic mass is 32.1. The van der Waals surface area contributed by atoms with Crippen molar-refractivity contribution in [3.8, 4) is 6.07 Å². The molecule has 2 fully saturated rings. The highest BCUT2D eigenvalue weighted by molar-refractivity contribution is 7.10. The molecule has 0 bridgehead atoms. The summed E-state index contributed by atoms with van der Waals surface area (Å²) in [7, 11) is 1.93. The van der Waals surface area contributed by atoms with E-state index in [1.165, 1.54) is 12.3 Å². The Balaban J connectivity index is 1.43. The maximum Gasteiger partial charge on any atom is 0.268 e. The van der Waals surface area contributed by atoms with E-state index >= 15 is 0 Å². The minimum Gasteiger partial charge on any atom is -0.356 e. The number of hydrogen-bond acceptors (Lipinski definition) is 5. The minimum atomic E-state index is -0.474. The minimum absolute atomic E-state index is 0.123. The molecule has 1 saturated heterocycles. The number of amides is 2. The Morgan fingerprint density at radius 3 is 2.76 bits per heavy atom. The molecule has 9 heteroatoms. The Morgan fingerprint density at radius 2 is 2.12 bits per heavy atom. The van der Waals surface area contributed by atoms with E-state index in [-0.39, 0.29) is 23.8 Å². The van der Waals surface area contributed by atoms with Gasteiger partial charge in [-0.2, -0.15) is 5.26 Å². The van der Waals surface area contributed by atoms with Gasteiger partial charge in [-0.15, -0.1) is 11.3 Å². The number of nitrogens with zero attached hydrogens (tertiary/aromatic N) is 4. The van der Waals surface area contributed by atoms with Gasteiger partial charge in [-0.25, -0.2) is 4.98 Å². The maximum absolute atomic E-state index is 14.1. The number of nitriles is 1. The summed E-state index contributed by atoms with van der Waals surface area (Å²) in [5.74, 6) is 0.601. The summed E-state index contributed by atoms with van der Waals surface area (Å²) in [5, 5.41) is 14.2.